The molecule has 0 bridgehead atoms. The summed E-state index contributed by atoms with van der Waals surface area (Å²) in [7, 11) is 1.31. The van der Waals surface area contributed by atoms with Crippen LogP contribution in [0.25, 0.3) is 27.7 Å². The lowest BCUT2D eigenvalue weighted by Gasteiger charge is -2.16. The molecule has 0 saturated heterocycles. The van der Waals surface area contributed by atoms with Crippen molar-refractivity contribution in [3.63, 3.8) is 0 Å². The Hall–Kier alpha value is -4.26. The Morgan fingerprint density at radius 3 is 2.39 bits per heavy atom. The summed E-state index contributed by atoms with van der Waals surface area (Å²) in [5.41, 5.74) is 4.42. The van der Waals surface area contributed by atoms with Gasteiger partial charge in [0.25, 0.3) is 5.56 Å². The van der Waals surface area contributed by atoms with E-state index in [2.05, 4.69) is 10.3 Å². The highest BCUT2D eigenvalue weighted by molar-refractivity contribution is 6.07. The largest absolute Gasteiger partial charge is 0.465 e. The second kappa shape index (κ2) is 8.70. The fourth-order valence-corrected chi connectivity index (χ4v) is 3.95. The minimum atomic E-state index is -0.548. The Bertz CT molecular complexity index is 1450. The number of anilines is 1. The van der Waals surface area contributed by atoms with Crippen molar-refractivity contribution in [2.45, 2.75) is 20.8 Å². The number of pyridine rings is 2. The van der Waals surface area contributed by atoms with Gasteiger partial charge in [-0.1, -0.05) is 29.8 Å². The number of hydrogen-bond donors (Lipinski definition) is 1. The summed E-state index contributed by atoms with van der Waals surface area (Å²) in [5, 5.41) is 3.04. The maximum Gasteiger partial charge on any atom is 0.340 e. The number of carbonyl (C=O) groups is 2. The average Bonchev–Trinajstić information content (AvgIpc) is 2.78. The van der Waals surface area contributed by atoms with E-state index >= 15 is 0 Å². The first-order chi connectivity index (χ1) is 15.8. The van der Waals surface area contributed by atoms with Gasteiger partial charge in [-0.15, -0.1) is 0 Å². The zero-order valence-electron chi connectivity index (χ0n) is 18.8. The van der Waals surface area contributed by atoms with Gasteiger partial charge in [0.1, 0.15) is 0 Å². The molecule has 0 aliphatic carbocycles. The first kappa shape index (κ1) is 22.0. The number of fused-ring (bicyclic) bond motifs is 1. The number of amides is 1. The van der Waals surface area contributed by atoms with Crippen molar-refractivity contribution < 1.29 is 14.3 Å². The van der Waals surface area contributed by atoms with Gasteiger partial charge in [0, 0.05) is 30.1 Å². The fraction of sp³-hybridized carbons (Fsp3) is 0.154. The van der Waals surface area contributed by atoms with Gasteiger partial charge in [0.05, 0.1) is 29.3 Å². The van der Waals surface area contributed by atoms with Crippen LogP contribution in [0.4, 0.5) is 5.69 Å². The number of carbonyl (C=O) groups excluding carboxylic acids is 2. The van der Waals surface area contributed by atoms with Crippen LogP contribution in [-0.4, -0.2) is 28.5 Å². The molecule has 33 heavy (non-hydrogen) atoms. The number of hydrogen-bond acceptors (Lipinski definition) is 5. The highest BCUT2D eigenvalue weighted by Gasteiger charge is 2.23. The summed E-state index contributed by atoms with van der Waals surface area (Å²) < 4.78 is 6.53. The van der Waals surface area contributed by atoms with Gasteiger partial charge in [0.2, 0.25) is 5.91 Å². The smallest absolute Gasteiger partial charge is 0.340 e. The van der Waals surface area contributed by atoms with Gasteiger partial charge in [0.15, 0.2) is 0 Å². The summed E-state index contributed by atoms with van der Waals surface area (Å²) in [6.45, 7) is 5.12. The Kier molecular flexibility index (Phi) is 5.79. The quantitative estimate of drug-likeness (QED) is 0.474. The van der Waals surface area contributed by atoms with E-state index in [0.29, 0.717) is 33.5 Å². The molecule has 0 fully saturated rings. The molecule has 0 unspecified atom stereocenters. The highest BCUT2D eigenvalue weighted by Crippen LogP contribution is 2.32. The summed E-state index contributed by atoms with van der Waals surface area (Å²) in [4.78, 5) is 42.3. The molecule has 0 spiro atoms. The van der Waals surface area contributed by atoms with E-state index in [0.717, 1.165) is 11.1 Å². The molecule has 0 aliphatic rings. The number of benzene rings is 2. The molecule has 166 valence electrons. The molecular formula is C26H23N3O4. The molecule has 7 heteroatoms. The van der Waals surface area contributed by atoms with Crippen molar-refractivity contribution in [2.75, 3.05) is 12.4 Å². The Morgan fingerprint density at radius 1 is 1.03 bits per heavy atom. The van der Waals surface area contributed by atoms with Gasteiger partial charge >= 0.3 is 5.97 Å². The normalized spacial score (nSPS) is 10.8. The maximum atomic E-state index is 13.7. The van der Waals surface area contributed by atoms with E-state index in [1.807, 2.05) is 31.2 Å². The van der Waals surface area contributed by atoms with Crippen LogP contribution >= 0.6 is 0 Å². The standard InChI is InChI=1S/C26H23N3O4/c1-15-6-5-7-18(14-15)23-22(26(32)33-4)16(2)27-21-12-13-29(25(31)24(21)23)20-10-8-19(9-11-20)28-17(3)30/h5-14H,1-4H3,(H,28,30). The number of nitrogens with one attached hydrogen (secondary N) is 1. The van der Waals surface area contributed by atoms with Crippen LogP contribution in [0.1, 0.15) is 28.5 Å². The van der Waals surface area contributed by atoms with E-state index in [4.69, 9.17) is 4.74 Å². The minimum absolute atomic E-state index is 0.176. The Labute approximate surface area is 190 Å². The first-order valence-electron chi connectivity index (χ1n) is 10.4. The molecule has 2 aromatic carbocycles. The fourth-order valence-electron chi connectivity index (χ4n) is 3.95. The molecule has 4 rings (SSSR count). The minimum Gasteiger partial charge on any atom is -0.465 e. The molecule has 7 nitrogen and oxygen atoms in total. The number of methoxy groups -OCH3 is 1. The lowest BCUT2D eigenvalue weighted by molar-refractivity contribution is -0.114. The van der Waals surface area contributed by atoms with Crippen LogP contribution in [0.5, 0.6) is 0 Å². The second-order valence-corrected chi connectivity index (χ2v) is 7.79. The predicted octanol–water partition coefficient (Wildman–Crippen LogP) is 4.41. The van der Waals surface area contributed by atoms with Crippen molar-refractivity contribution >= 4 is 28.5 Å². The summed E-state index contributed by atoms with van der Waals surface area (Å²) in [6, 6.07) is 16.3. The van der Waals surface area contributed by atoms with Crippen LogP contribution in [0.2, 0.25) is 0 Å². The maximum absolute atomic E-state index is 13.7. The zero-order valence-corrected chi connectivity index (χ0v) is 18.8. The summed E-state index contributed by atoms with van der Waals surface area (Å²) in [6.07, 6.45) is 1.66. The molecule has 4 aromatic rings. The number of aryl methyl sites for hydroxylation is 2. The van der Waals surface area contributed by atoms with Gasteiger partial charge in [-0.05, 0) is 49.7 Å². The third-order valence-corrected chi connectivity index (χ3v) is 5.38. The number of rotatable bonds is 4. The average molecular weight is 441 g/mol. The Morgan fingerprint density at radius 2 is 1.76 bits per heavy atom. The van der Waals surface area contributed by atoms with E-state index in [1.165, 1.54) is 18.6 Å². The number of ether oxygens (including phenoxy) is 1. The van der Waals surface area contributed by atoms with Gasteiger partial charge in [-0.25, -0.2) is 4.79 Å². The topological polar surface area (TPSA) is 90.3 Å². The molecule has 1 N–H and O–H groups in total. The van der Waals surface area contributed by atoms with E-state index < -0.39 is 5.97 Å². The van der Waals surface area contributed by atoms with Crippen LogP contribution in [0.3, 0.4) is 0 Å². The van der Waals surface area contributed by atoms with Gasteiger partial charge in [-0.2, -0.15) is 0 Å². The molecule has 1 amide bonds. The van der Waals surface area contributed by atoms with Crippen LogP contribution in [-0.2, 0) is 9.53 Å². The van der Waals surface area contributed by atoms with E-state index in [-0.39, 0.29) is 17.0 Å². The molecule has 0 saturated carbocycles. The molecule has 2 aromatic heterocycles. The summed E-state index contributed by atoms with van der Waals surface area (Å²) in [5.74, 6) is -0.724. The van der Waals surface area contributed by atoms with E-state index in [1.54, 1.807) is 43.5 Å². The van der Waals surface area contributed by atoms with E-state index in [9.17, 15) is 14.4 Å². The first-order valence-corrected chi connectivity index (χ1v) is 10.4. The lowest BCUT2D eigenvalue weighted by Crippen LogP contribution is -2.21. The van der Waals surface area contributed by atoms with Crippen LogP contribution in [0.15, 0.2) is 65.6 Å². The molecular weight excluding hydrogens is 418 g/mol. The summed E-state index contributed by atoms with van der Waals surface area (Å²) >= 11 is 0. The number of aromatic nitrogens is 2. The molecule has 2 heterocycles. The lowest BCUT2D eigenvalue weighted by atomic mass is 9.94. The number of nitrogens with zero attached hydrogens (tertiary/aromatic N) is 2. The van der Waals surface area contributed by atoms with Crippen molar-refractivity contribution in [3.8, 4) is 16.8 Å². The van der Waals surface area contributed by atoms with Crippen molar-refractivity contribution in [3.05, 3.63) is 88.0 Å². The monoisotopic (exact) mass is 441 g/mol. The Balaban J connectivity index is 2.03. The van der Waals surface area contributed by atoms with Gasteiger partial charge in [-0.3, -0.25) is 19.1 Å². The van der Waals surface area contributed by atoms with Crippen molar-refractivity contribution in [1.82, 2.24) is 9.55 Å². The van der Waals surface area contributed by atoms with Crippen molar-refractivity contribution in [2.24, 2.45) is 0 Å². The number of esters is 1. The van der Waals surface area contributed by atoms with Crippen LogP contribution in [0, 0.1) is 13.8 Å². The molecule has 0 aliphatic heterocycles. The molecule has 0 radical (unpaired) electrons. The SMILES string of the molecule is COC(=O)c1c(C)nc2ccn(-c3ccc(NC(C)=O)cc3)c(=O)c2c1-c1cccc(C)c1. The molecule has 0 atom stereocenters. The second-order valence-electron chi connectivity index (χ2n) is 7.79. The third kappa shape index (κ3) is 4.13. The zero-order chi connectivity index (χ0) is 23.7. The predicted molar refractivity (Wildman–Crippen MR) is 128 cm³/mol. The van der Waals surface area contributed by atoms with Crippen LogP contribution < -0.4 is 10.9 Å². The highest BCUT2D eigenvalue weighted by atomic mass is 16.5. The third-order valence-electron chi connectivity index (χ3n) is 5.38. The van der Waals surface area contributed by atoms with Gasteiger partial charge < -0.3 is 10.1 Å². The van der Waals surface area contributed by atoms with Crippen molar-refractivity contribution in [1.29, 1.82) is 0 Å².